The average molecular weight is 323 g/mol. The van der Waals surface area contributed by atoms with E-state index in [1.165, 1.54) is 54.4 Å². The van der Waals surface area contributed by atoms with Crippen LogP contribution in [0, 0.1) is 0 Å². The van der Waals surface area contributed by atoms with Gasteiger partial charge in [-0.25, -0.2) is 0 Å². The first kappa shape index (κ1) is 13.4. The molecule has 1 saturated heterocycles. The van der Waals surface area contributed by atoms with Gasteiger partial charge >= 0.3 is 0 Å². The molecule has 1 aromatic rings. The summed E-state index contributed by atoms with van der Waals surface area (Å²) in [4.78, 5) is 2.62. The van der Waals surface area contributed by atoms with Crippen molar-refractivity contribution < 1.29 is 0 Å². The van der Waals surface area contributed by atoms with Gasteiger partial charge < -0.3 is 10.2 Å². The van der Waals surface area contributed by atoms with Crippen molar-refractivity contribution in [1.29, 1.82) is 0 Å². The fraction of sp³-hybridized carbons (Fsp3) is 0.625. The molecule has 1 N–H and O–H groups in total. The van der Waals surface area contributed by atoms with Crippen LogP contribution in [0.4, 0.5) is 5.69 Å². The molecule has 104 valence electrons. The lowest BCUT2D eigenvalue weighted by Crippen LogP contribution is -2.30. The van der Waals surface area contributed by atoms with Gasteiger partial charge in [0.25, 0.3) is 0 Å². The van der Waals surface area contributed by atoms with Crippen LogP contribution in [0.25, 0.3) is 0 Å². The lowest BCUT2D eigenvalue weighted by atomic mass is 10.1. The van der Waals surface area contributed by atoms with E-state index in [1.54, 1.807) is 0 Å². The van der Waals surface area contributed by atoms with Crippen LogP contribution in [0.1, 0.15) is 44.6 Å². The van der Waals surface area contributed by atoms with Crippen molar-refractivity contribution in [2.45, 2.75) is 57.7 Å². The zero-order valence-electron chi connectivity index (χ0n) is 11.7. The van der Waals surface area contributed by atoms with Gasteiger partial charge in [-0.1, -0.05) is 28.9 Å². The lowest BCUT2D eigenvalue weighted by Gasteiger charge is -2.28. The number of nitrogens with one attached hydrogen (secondary N) is 1. The van der Waals surface area contributed by atoms with Gasteiger partial charge in [0.15, 0.2) is 0 Å². The van der Waals surface area contributed by atoms with E-state index in [9.17, 15) is 0 Å². The van der Waals surface area contributed by atoms with E-state index in [1.807, 2.05) is 0 Å². The molecular formula is C16H23BrN2. The van der Waals surface area contributed by atoms with Crippen LogP contribution >= 0.6 is 15.9 Å². The van der Waals surface area contributed by atoms with Gasteiger partial charge in [-0.3, -0.25) is 0 Å². The SMILES string of the molecule is CCC1CCCN1c1cc(Br)ccc1CNC1CC1. The molecule has 3 rings (SSSR count). The highest BCUT2D eigenvalue weighted by Crippen LogP contribution is 2.33. The summed E-state index contributed by atoms with van der Waals surface area (Å²) in [6.45, 7) is 4.54. The van der Waals surface area contributed by atoms with Gasteiger partial charge in [0, 0.05) is 35.3 Å². The van der Waals surface area contributed by atoms with E-state index in [0.29, 0.717) is 0 Å². The minimum absolute atomic E-state index is 0.731. The molecule has 1 heterocycles. The van der Waals surface area contributed by atoms with Crippen molar-refractivity contribution in [2.24, 2.45) is 0 Å². The van der Waals surface area contributed by atoms with Gasteiger partial charge in [0.1, 0.15) is 0 Å². The first-order valence-corrected chi connectivity index (χ1v) is 8.35. The zero-order chi connectivity index (χ0) is 13.2. The first-order valence-electron chi connectivity index (χ1n) is 7.56. The second kappa shape index (κ2) is 5.84. The van der Waals surface area contributed by atoms with E-state index >= 15 is 0 Å². The van der Waals surface area contributed by atoms with Crippen LogP contribution in [0.2, 0.25) is 0 Å². The predicted molar refractivity (Wildman–Crippen MR) is 84.7 cm³/mol. The summed E-state index contributed by atoms with van der Waals surface area (Å²) in [5.41, 5.74) is 2.89. The van der Waals surface area contributed by atoms with Gasteiger partial charge in [-0.05, 0) is 49.8 Å². The summed E-state index contributed by atoms with van der Waals surface area (Å²) >= 11 is 3.63. The average Bonchev–Trinajstić information content (AvgIpc) is 3.12. The maximum Gasteiger partial charge on any atom is 0.0425 e. The van der Waals surface area contributed by atoms with Crippen molar-refractivity contribution in [3.8, 4) is 0 Å². The summed E-state index contributed by atoms with van der Waals surface area (Å²) in [7, 11) is 0. The Morgan fingerprint density at radius 1 is 1.32 bits per heavy atom. The molecule has 0 aromatic heterocycles. The molecule has 1 unspecified atom stereocenters. The number of halogens is 1. The minimum atomic E-state index is 0.731. The number of hydrogen-bond donors (Lipinski definition) is 1. The van der Waals surface area contributed by atoms with Crippen LogP contribution in [-0.4, -0.2) is 18.6 Å². The standard InChI is InChI=1S/C16H23BrN2/c1-2-15-4-3-9-19(15)16-10-13(17)6-5-12(16)11-18-14-7-8-14/h5-6,10,14-15,18H,2-4,7-9,11H2,1H3. The molecule has 1 saturated carbocycles. The van der Waals surface area contributed by atoms with Crippen LogP contribution in [0.5, 0.6) is 0 Å². The Morgan fingerprint density at radius 3 is 2.89 bits per heavy atom. The molecule has 1 aliphatic carbocycles. The van der Waals surface area contributed by atoms with Crippen molar-refractivity contribution in [3.05, 3.63) is 28.2 Å². The van der Waals surface area contributed by atoms with Crippen molar-refractivity contribution >= 4 is 21.6 Å². The molecule has 2 nitrogen and oxygen atoms in total. The molecule has 3 heteroatoms. The summed E-state index contributed by atoms with van der Waals surface area (Å²) in [5.74, 6) is 0. The third-order valence-electron chi connectivity index (χ3n) is 4.36. The highest BCUT2D eigenvalue weighted by molar-refractivity contribution is 9.10. The maximum absolute atomic E-state index is 3.65. The predicted octanol–water partition coefficient (Wildman–Crippen LogP) is 4.08. The Kier molecular flexibility index (Phi) is 4.13. The molecule has 19 heavy (non-hydrogen) atoms. The van der Waals surface area contributed by atoms with Crippen molar-refractivity contribution in [1.82, 2.24) is 5.32 Å². The Bertz CT molecular complexity index is 442. The normalized spacial score (nSPS) is 23.1. The van der Waals surface area contributed by atoms with Gasteiger partial charge in [0.05, 0.1) is 0 Å². The van der Waals surface area contributed by atoms with Gasteiger partial charge in [0.2, 0.25) is 0 Å². The maximum atomic E-state index is 3.65. The Hall–Kier alpha value is -0.540. The van der Waals surface area contributed by atoms with E-state index in [-0.39, 0.29) is 0 Å². The first-order chi connectivity index (χ1) is 9.28. The molecule has 1 aromatic carbocycles. The second-order valence-electron chi connectivity index (χ2n) is 5.83. The number of nitrogens with zero attached hydrogens (tertiary/aromatic N) is 1. The number of benzene rings is 1. The third-order valence-corrected chi connectivity index (χ3v) is 4.86. The monoisotopic (exact) mass is 322 g/mol. The highest BCUT2D eigenvalue weighted by atomic mass is 79.9. The molecular weight excluding hydrogens is 300 g/mol. The quantitative estimate of drug-likeness (QED) is 0.878. The molecule has 0 spiro atoms. The van der Waals surface area contributed by atoms with Crippen LogP contribution in [0.3, 0.4) is 0 Å². The van der Waals surface area contributed by atoms with E-state index in [4.69, 9.17) is 0 Å². The molecule has 2 aliphatic rings. The van der Waals surface area contributed by atoms with Crippen LogP contribution in [-0.2, 0) is 6.54 Å². The zero-order valence-corrected chi connectivity index (χ0v) is 13.2. The largest absolute Gasteiger partial charge is 0.368 e. The fourth-order valence-electron chi connectivity index (χ4n) is 3.07. The Labute approximate surface area is 124 Å². The lowest BCUT2D eigenvalue weighted by molar-refractivity contribution is 0.637. The summed E-state index contributed by atoms with van der Waals surface area (Å²) in [5, 5.41) is 3.65. The van der Waals surface area contributed by atoms with Crippen LogP contribution < -0.4 is 10.2 Å². The van der Waals surface area contributed by atoms with Crippen molar-refractivity contribution in [3.63, 3.8) is 0 Å². The molecule has 1 aliphatic heterocycles. The molecule has 0 radical (unpaired) electrons. The second-order valence-corrected chi connectivity index (χ2v) is 6.74. The molecule has 1 atom stereocenters. The minimum Gasteiger partial charge on any atom is -0.368 e. The summed E-state index contributed by atoms with van der Waals surface area (Å²) in [6, 6.07) is 8.26. The topological polar surface area (TPSA) is 15.3 Å². The molecule has 0 amide bonds. The number of anilines is 1. The molecule has 0 bridgehead atoms. The summed E-state index contributed by atoms with van der Waals surface area (Å²) in [6.07, 6.45) is 6.64. The van der Waals surface area contributed by atoms with Gasteiger partial charge in [-0.2, -0.15) is 0 Å². The molecule has 2 fully saturated rings. The van der Waals surface area contributed by atoms with Gasteiger partial charge in [-0.15, -0.1) is 0 Å². The number of hydrogen-bond acceptors (Lipinski definition) is 2. The Morgan fingerprint density at radius 2 is 2.16 bits per heavy atom. The fourth-order valence-corrected chi connectivity index (χ4v) is 3.42. The summed E-state index contributed by atoms with van der Waals surface area (Å²) < 4.78 is 1.19. The van der Waals surface area contributed by atoms with E-state index < -0.39 is 0 Å². The van der Waals surface area contributed by atoms with E-state index in [2.05, 4.69) is 51.3 Å². The van der Waals surface area contributed by atoms with E-state index in [0.717, 1.165) is 18.6 Å². The van der Waals surface area contributed by atoms with Crippen LogP contribution in [0.15, 0.2) is 22.7 Å². The third kappa shape index (κ3) is 3.14. The van der Waals surface area contributed by atoms with Crippen molar-refractivity contribution in [2.75, 3.05) is 11.4 Å². The number of rotatable bonds is 5. The Balaban J connectivity index is 1.81. The highest BCUT2D eigenvalue weighted by Gasteiger charge is 2.26. The smallest absolute Gasteiger partial charge is 0.0425 e.